The fourth-order valence-corrected chi connectivity index (χ4v) is 2.59. The fraction of sp³-hybridized carbons (Fsp3) is 0.909. The minimum atomic E-state index is -3.22. The Morgan fingerprint density at radius 2 is 2.12 bits per heavy atom. The zero-order chi connectivity index (χ0) is 12.5. The predicted molar refractivity (Wildman–Crippen MR) is 57.7 cm³/mol. The number of piperidine rings is 1. The Morgan fingerprint density at radius 1 is 1.47 bits per heavy atom. The summed E-state index contributed by atoms with van der Waals surface area (Å²) in [6.45, 7) is -0.201. The first kappa shape index (κ1) is 12.7. The number of halogens is 2. The number of rotatable bonds is 4. The minimum Gasteiger partial charge on any atom is -0.390 e. The van der Waals surface area contributed by atoms with Crippen LogP contribution in [0, 0.1) is 11.3 Å². The number of aliphatic hydroxyl groups is 1. The molecule has 1 spiro atoms. The number of nitrogens with one attached hydrogen (secondary N) is 2. The molecule has 0 aromatic carbocycles. The lowest BCUT2D eigenvalue weighted by atomic mass is 9.92. The zero-order valence-electron chi connectivity index (χ0n) is 9.64. The quantitative estimate of drug-likeness (QED) is 0.662. The van der Waals surface area contributed by atoms with Crippen LogP contribution in [-0.2, 0) is 4.79 Å². The van der Waals surface area contributed by atoms with Crippen LogP contribution in [0.4, 0.5) is 8.78 Å². The summed E-state index contributed by atoms with van der Waals surface area (Å²) in [5, 5.41) is 13.9. The van der Waals surface area contributed by atoms with E-state index in [9.17, 15) is 13.6 Å². The zero-order valence-corrected chi connectivity index (χ0v) is 9.64. The Bertz CT molecular complexity index is 304. The SMILES string of the molecule is O=C(NCC(F)(F)CO)C1CC12CCNCC2. The van der Waals surface area contributed by atoms with Gasteiger partial charge >= 0.3 is 0 Å². The first-order chi connectivity index (χ1) is 7.99. The first-order valence-electron chi connectivity index (χ1n) is 5.96. The monoisotopic (exact) mass is 248 g/mol. The smallest absolute Gasteiger partial charge is 0.287 e. The molecule has 1 amide bonds. The molecule has 98 valence electrons. The van der Waals surface area contributed by atoms with Gasteiger partial charge in [0, 0.05) is 5.92 Å². The van der Waals surface area contributed by atoms with Gasteiger partial charge < -0.3 is 15.7 Å². The van der Waals surface area contributed by atoms with E-state index in [1.807, 2.05) is 0 Å². The first-order valence-corrected chi connectivity index (χ1v) is 5.96. The van der Waals surface area contributed by atoms with Gasteiger partial charge in [-0.1, -0.05) is 0 Å². The summed E-state index contributed by atoms with van der Waals surface area (Å²) in [6.07, 6.45) is 2.70. The molecule has 1 saturated carbocycles. The molecule has 1 saturated heterocycles. The molecule has 2 fully saturated rings. The van der Waals surface area contributed by atoms with Crippen LogP contribution in [0.1, 0.15) is 19.3 Å². The van der Waals surface area contributed by atoms with Gasteiger partial charge in [-0.25, -0.2) is 8.78 Å². The van der Waals surface area contributed by atoms with E-state index in [0.29, 0.717) is 0 Å². The maximum atomic E-state index is 12.8. The average Bonchev–Trinajstić information content (AvgIpc) is 3.01. The van der Waals surface area contributed by atoms with Crippen molar-refractivity contribution in [1.29, 1.82) is 0 Å². The lowest BCUT2D eigenvalue weighted by Gasteiger charge is -2.23. The second kappa shape index (κ2) is 4.49. The summed E-state index contributed by atoms with van der Waals surface area (Å²) in [7, 11) is 0. The van der Waals surface area contributed by atoms with E-state index in [-0.39, 0.29) is 17.2 Å². The highest BCUT2D eigenvalue weighted by molar-refractivity contribution is 5.82. The highest BCUT2D eigenvalue weighted by atomic mass is 19.3. The standard InChI is InChI=1S/C11H18F2N2O2/c12-11(13,7-16)6-15-9(17)8-5-10(8)1-3-14-4-2-10/h8,14,16H,1-7H2,(H,15,17). The number of amides is 1. The Hall–Kier alpha value is -0.750. The van der Waals surface area contributed by atoms with Gasteiger partial charge in [-0.3, -0.25) is 4.79 Å². The van der Waals surface area contributed by atoms with Crippen LogP contribution in [0.25, 0.3) is 0 Å². The van der Waals surface area contributed by atoms with Crippen LogP contribution >= 0.6 is 0 Å². The third-order valence-electron chi connectivity index (χ3n) is 3.86. The van der Waals surface area contributed by atoms with Gasteiger partial charge in [-0.15, -0.1) is 0 Å². The summed E-state index contributed by atoms with van der Waals surface area (Å²) >= 11 is 0. The summed E-state index contributed by atoms with van der Waals surface area (Å²) in [6, 6.07) is 0. The normalized spacial score (nSPS) is 26.9. The van der Waals surface area contributed by atoms with E-state index in [1.54, 1.807) is 0 Å². The lowest BCUT2D eigenvalue weighted by Crippen LogP contribution is -2.41. The van der Waals surface area contributed by atoms with E-state index >= 15 is 0 Å². The third-order valence-corrected chi connectivity index (χ3v) is 3.86. The summed E-state index contributed by atoms with van der Waals surface area (Å²) in [5.41, 5.74) is 0.0594. The van der Waals surface area contributed by atoms with Crippen LogP contribution in [-0.4, -0.2) is 43.2 Å². The molecule has 0 aromatic heterocycles. The molecule has 1 aliphatic heterocycles. The van der Waals surface area contributed by atoms with Crippen molar-refractivity contribution in [2.24, 2.45) is 11.3 Å². The van der Waals surface area contributed by atoms with E-state index in [4.69, 9.17) is 5.11 Å². The number of alkyl halides is 2. The fourth-order valence-electron chi connectivity index (χ4n) is 2.59. The Labute approximate surface area is 98.8 Å². The van der Waals surface area contributed by atoms with Crippen LogP contribution < -0.4 is 10.6 Å². The molecule has 3 N–H and O–H groups in total. The van der Waals surface area contributed by atoms with Crippen LogP contribution in [0.3, 0.4) is 0 Å². The molecule has 1 aliphatic carbocycles. The maximum absolute atomic E-state index is 12.8. The number of hydrogen-bond donors (Lipinski definition) is 3. The van der Waals surface area contributed by atoms with Gasteiger partial charge in [0.25, 0.3) is 5.92 Å². The second-order valence-corrected chi connectivity index (χ2v) is 5.10. The average molecular weight is 248 g/mol. The molecule has 0 radical (unpaired) electrons. The molecular formula is C11H18F2N2O2. The lowest BCUT2D eigenvalue weighted by molar-refractivity contribution is -0.126. The van der Waals surface area contributed by atoms with Gasteiger partial charge in [0.1, 0.15) is 6.61 Å². The number of carbonyl (C=O) groups is 1. The van der Waals surface area contributed by atoms with Crippen molar-refractivity contribution in [3.8, 4) is 0 Å². The van der Waals surface area contributed by atoms with Crippen molar-refractivity contribution < 1.29 is 18.7 Å². The molecule has 2 aliphatic rings. The molecule has 1 atom stereocenters. The van der Waals surface area contributed by atoms with Gasteiger partial charge in [-0.05, 0) is 37.8 Å². The Morgan fingerprint density at radius 3 is 2.71 bits per heavy atom. The molecule has 4 nitrogen and oxygen atoms in total. The van der Waals surface area contributed by atoms with Crippen molar-refractivity contribution in [2.45, 2.75) is 25.2 Å². The van der Waals surface area contributed by atoms with Crippen molar-refractivity contribution in [3.63, 3.8) is 0 Å². The summed E-state index contributed by atoms with van der Waals surface area (Å²) in [4.78, 5) is 11.7. The minimum absolute atomic E-state index is 0.0594. The summed E-state index contributed by atoms with van der Waals surface area (Å²) in [5.74, 6) is -3.62. The molecule has 0 bridgehead atoms. The molecule has 6 heteroatoms. The highest BCUT2D eigenvalue weighted by Gasteiger charge is 2.57. The third kappa shape index (κ3) is 2.74. The van der Waals surface area contributed by atoms with E-state index in [0.717, 1.165) is 32.4 Å². The van der Waals surface area contributed by atoms with Gasteiger partial charge in [0.15, 0.2) is 0 Å². The number of carbonyl (C=O) groups excluding carboxylic acids is 1. The molecule has 0 aromatic rings. The van der Waals surface area contributed by atoms with Crippen molar-refractivity contribution >= 4 is 5.91 Å². The molecule has 17 heavy (non-hydrogen) atoms. The van der Waals surface area contributed by atoms with Gasteiger partial charge in [0.05, 0.1) is 6.54 Å². The van der Waals surface area contributed by atoms with Gasteiger partial charge in [0.2, 0.25) is 5.91 Å². The van der Waals surface area contributed by atoms with Crippen molar-refractivity contribution in [2.75, 3.05) is 26.2 Å². The Balaban J connectivity index is 1.79. The van der Waals surface area contributed by atoms with E-state index < -0.39 is 19.1 Å². The molecular weight excluding hydrogens is 230 g/mol. The van der Waals surface area contributed by atoms with Crippen LogP contribution in [0.2, 0.25) is 0 Å². The number of hydrogen-bond acceptors (Lipinski definition) is 3. The predicted octanol–water partition coefficient (Wildman–Crippen LogP) is 0.120. The number of aliphatic hydroxyl groups excluding tert-OH is 1. The van der Waals surface area contributed by atoms with Crippen molar-refractivity contribution in [1.82, 2.24) is 10.6 Å². The topological polar surface area (TPSA) is 61.4 Å². The largest absolute Gasteiger partial charge is 0.390 e. The summed E-state index contributed by atoms with van der Waals surface area (Å²) < 4.78 is 25.5. The second-order valence-electron chi connectivity index (χ2n) is 5.10. The van der Waals surface area contributed by atoms with Crippen LogP contribution in [0.5, 0.6) is 0 Å². The molecule has 2 rings (SSSR count). The van der Waals surface area contributed by atoms with Crippen LogP contribution in [0.15, 0.2) is 0 Å². The molecule has 1 heterocycles. The maximum Gasteiger partial charge on any atom is 0.287 e. The molecule has 1 unspecified atom stereocenters. The van der Waals surface area contributed by atoms with Gasteiger partial charge in [-0.2, -0.15) is 0 Å². The highest BCUT2D eigenvalue weighted by Crippen LogP contribution is 2.58. The van der Waals surface area contributed by atoms with Crippen molar-refractivity contribution in [3.05, 3.63) is 0 Å². The van der Waals surface area contributed by atoms with E-state index in [1.165, 1.54) is 0 Å². The Kier molecular flexibility index (Phi) is 3.36. The van der Waals surface area contributed by atoms with E-state index in [2.05, 4.69) is 10.6 Å².